The van der Waals surface area contributed by atoms with Crippen molar-refractivity contribution in [3.05, 3.63) is 79.2 Å². The Kier molecular flexibility index (Phi) is 7.38. The van der Waals surface area contributed by atoms with Gasteiger partial charge in [-0.15, -0.1) is 6.58 Å². The first kappa shape index (κ1) is 23.0. The predicted molar refractivity (Wildman–Crippen MR) is 131 cm³/mol. The Morgan fingerprint density at radius 1 is 1.15 bits per heavy atom. The molecule has 1 fully saturated rings. The van der Waals surface area contributed by atoms with Crippen molar-refractivity contribution < 1.29 is 9.59 Å². The second-order valence-electron chi connectivity index (χ2n) is 9.20. The van der Waals surface area contributed by atoms with E-state index in [0.717, 1.165) is 36.0 Å². The molecule has 1 aliphatic carbocycles. The molecule has 33 heavy (non-hydrogen) atoms. The standard InChI is InChI=1S/C28H33N3O2/c1-2-15-30-27(33)28(13-17-31(18-14-28)26(32)23-9-4-3-5-10-23)20-22-8-6-11-24(19-22)25-12-7-16-29-21-25/h2-4,6-8,11-12,16,19,21,23H,1,5,9-10,13-15,17-18,20H2,(H,30,33). The summed E-state index contributed by atoms with van der Waals surface area (Å²) >= 11 is 0. The molecule has 1 saturated heterocycles. The third kappa shape index (κ3) is 5.41. The normalized spacial score (nSPS) is 19.6. The zero-order chi connectivity index (χ0) is 23.1. The summed E-state index contributed by atoms with van der Waals surface area (Å²) in [5.41, 5.74) is 2.76. The number of carbonyl (C=O) groups excluding carboxylic acids is 2. The summed E-state index contributed by atoms with van der Waals surface area (Å²) in [6, 6.07) is 12.3. The van der Waals surface area contributed by atoms with E-state index >= 15 is 0 Å². The van der Waals surface area contributed by atoms with E-state index in [1.54, 1.807) is 12.3 Å². The second kappa shape index (κ2) is 10.6. The molecule has 2 aromatic rings. The molecule has 1 unspecified atom stereocenters. The Labute approximate surface area is 196 Å². The average Bonchev–Trinajstić information content (AvgIpc) is 2.88. The first-order valence-electron chi connectivity index (χ1n) is 11.9. The summed E-state index contributed by atoms with van der Waals surface area (Å²) in [6.07, 6.45) is 14.4. The monoisotopic (exact) mass is 443 g/mol. The Hall–Kier alpha value is -3.21. The van der Waals surface area contributed by atoms with Gasteiger partial charge in [-0.1, -0.05) is 48.6 Å². The van der Waals surface area contributed by atoms with Crippen LogP contribution in [0.25, 0.3) is 11.1 Å². The molecule has 1 aromatic carbocycles. The largest absolute Gasteiger partial charge is 0.352 e. The molecular formula is C28H33N3O2. The van der Waals surface area contributed by atoms with Gasteiger partial charge in [0.2, 0.25) is 11.8 Å². The van der Waals surface area contributed by atoms with Gasteiger partial charge < -0.3 is 10.2 Å². The molecule has 172 valence electrons. The van der Waals surface area contributed by atoms with E-state index in [2.05, 4.69) is 47.2 Å². The van der Waals surface area contributed by atoms with Gasteiger partial charge in [0.05, 0.1) is 5.41 Å². The number of carbonyl (C=O) groups is 2. The SMILES string of the molecule is C=CCNC(=O)C1(Cc2cccc(-c3cccnc3)c2)CCN(C(=O)C2CC=CCC2)CC1. The highest BCUT2D eigenvalue weighted by Gasteiger charge is 2.42. The summed E-state index contributed by atoms with van der Waals surface area (Å²) in [7, 11) is 0. The van der Waals surface area contributed by atoms with Crippen molar-refractivity contribution in [2.75, 3.05) is 19.6 Å². The quantitative estimate of drug-likeness (QED) is 0.638. The van der Waals surface area contributed by atoms with Crippen LogP contribution in [-0.4, -0.2) is 41.3 Å². The van der Waals surface area contributed by atoms with Crippen LogP contribution in [0.15, 0.2) is 73.6 Å². The zero-order valence-electron chi connectivity index (χ0n) is 19.2. The van der Waals surface area contributed by atoms with E-state index in [1.165, 1.54) is 0 Å². The molecule has 1 N–H and O–H groups in total. The molecule has 4 rings (SSSR count). The number of benzene rings is 1. The highest BCUT2D eigenvalue weighted by atomic mass is 16.2. The summed E-state index contributed by atoms with van der Waals surface area (Å²) in [4.78, 5) is 32.6. The molecular weight excluding hydrogens is 410 g/mol. The van der Waals surface area contributed by atoms with Crippen molar-refractivity contribution >= 4 is 11.8 Å². The van der Waals surface area contributed by atoms with E-state index in [-0.39, 0.29) is 17.7 Å². The number of likely N-dealkylation sites (tertiary alicyclic amines) is 1. The Balaban J connectivity index is 1.51. The number of aromatic nitrogens is 1. The molecule has 2 heterocycles. The van der Waals surface area contributed by atoms with Crippen LogP contribution in [-0.2, 0) is 16.0 Å². The molecule has 0 spiro atoms. The summed E-state index contributed by atoms with van der Waals surface area (Å²) in [5, 5.41) is 3.04. The van der Waals surface area contributed by atoms with Gasteiger partial charge >= 0.3 is 0 Å². The van der Waals surface area contributed by atoms with Gasteiger partial charge in [-0.2, -0.15) is 0 Å². The molecule has 1 aromatic heterocycles. The van der Waals surface area contributed by atoms with Crippen LogP contribution in [0, 0.1) is 11.3 Å². The minimum absolute atomic E-state index is 0.0573. The second-order valence-corrected chi connectivity index (χ2v) is 9.20. The zero-order valence-corrected chi connectivity index (χ0v) is 19.2. The smallest absolute Gasteiger partial charge is 0.226 e. The van der Waals surface area contributed by atoms with Gasteiger partial charge in [0, 0.05) is 37.9 Å². The number of hydrogen-bond acceptors (Lipinski definition) is 3. The maximum atomic E-state index is 13.3. The molecule has 0 saturated carbocycles. The average molecular weight is 444 g/mol. The fraction of sp³-hybridized carbons (Fsp3) is 0.393. The van der Waals surface area contributed by atoms with Gasteiger partial charge in [0.25, 0.3) is 0 Å². The van der Waals surface area contributed by atoms with E-state index in [4.69, 9.17) is 0 Å². The van der Waals surface area contributed by atoms with Gasteiger partial charge in [0.15, 0.2) is 0 Å². The third-order valence-corrected chi connectivity index (χ3v) is 7.00. The number of amides is 2. The lowest BCUT2D eigenvalue weighted by atomic mass is 9.72. The molecule has 0 radical (unpaired) electrons. The van der Waals surface area contributed by atoms with Crippen molar-refractivity contribution in [3.8, 4) is 11.1 Å². The summed E-state index contributed by atoms with van der Waals surface area (Å²) in [5.74, 6) is 0.396. The minimum Gasteiger partial charge on any atom is -0.352 e. The van der Waals surface area contributed by atoms with Crippen LogP contribution in [0.1, 0.15) is 37.7 Å². The van der Waals surface area contributed by atoms with Crippen LogP contribution in [0.4, 0.5) is 0 Å². The number of pyridine rings is 1. The molecule has 5 heteroatoms. The van der Waals surface area contributed by atoms with Gasteiger partial charge in [-0.3, -0.25) is 14.6 Å². The molecule has 1 atom stereocenters. The molecule has 2 aliphatic rings. The first-order valence-corrected chi connectivity index (χ1v) is 11.9. The van der Waals surface area contributed by atoms with Crippen LogP contribution >= 0.6 is 0 Å². The highest BCUT2D eigenvalue weighted by Crippen LogP contribution is 2.37. The van der Waals surface area contributed by atoms with Crippen LogP contribution in [0.2, 0.25) is 0 Å². The van der Waals surface area contributed by atoms with Crippen molar-refractivity contribution in [2.24, 2.45) is 11.3 Å². The van der Waals surface area contributed by atoms with E-state index in [9.17, 15) is 9.59 Å². The van der Waals surface area contributed by atoms with Crippen LogP contribution < -0.4 is 5.32 Å². The van der Waals surface area contributed by atoms with Crippen molar-refractivity contribution in [2.45, 2.75) is 38.5 Å². The van der Waals surface area contributed by atoms with Crippen molar-refractivity contribution in [1.82, 2.24) is 15.2 Å². The Bertz CT molecular complexity index is 1010. The minimum atomic E-state index is -0.528. The molecule has 2 amide bonds. The van der Waals surface area contributed by atoms with Crippen molar-refractivity contribution in [3.63, 3.8) is 0 Å². The lowest BCUT2D eigenvalue weighted by molar-refractivity contribution is -0.143. The number of nitrogens with one attached hydrogen (secondary N) is 1. The summed E-state index contributed by atoms with van der Waals surface area (Å²) in [6.45, 7) is 5.45. The third-order valence-electron chi connectivity index (χ3n) is 7.00. The lowest BCUT2D eigenvalue weighted by Gasteiger charge is -2.42. The molecule has 0 bridgehead atoms. The van der Waals surface area contributed by atoms with Gasteiger partial charge in [-0.05, 0) is 61.3 Å². The number of nitrogens with zero attached hydrogens (tertiary/aromatic N) is 2. The number of allylic oxidation sites excluding steroid dienone is 2. The molecule has 1 aliphatic heterocycles. The predicted octanol–water partition coefficient (Wildman–Crippen LogP) is 4.56. The topological polar surface area (TPSA) is 62.3 Å². The Morgan fingerprint density at radius 2 is 1.97 bits per heavy atom. The number of hydrogen-bond donors (Lipinski definition) is 1. The van der Waals surface area contributed by atoms with E-state index in [1.807, 2.05) is 29.3 Å². The van der Waals surface area contributed by atoms with E-state index < -0.39 is 5.41 Å². The fourth-order valence-corrected chi connectivity index (χ4v) is 5.05. The molecule has 5 nitrogen and oxygen atoms in total. The number of rotatable bonds is 7. The van der Waals surface area contributed by atoms with Crippen molar-refractivity contribution in [1.29, 1.82) is 0 Å². The van der Waals surface area contributed by atoms with Gasteiger partial charge in [0.1, 0.15) is 0 Å². The lowest BCUT2D eigenvalue weighted by Crippen LogP contribution is -2.52. The summed E-state index contributed by atoms with van der Waals surface area (Å²) < 4.78 is 0. The van der Waals surface area contributed by atoms with Gasteiger partial charge in [-0.25, -0.2) is 0 Å². The number of piperidine rings is 1. The van der Waals surface area contributed by atoms with Crippen LogP contribution in [0.5, 0.6) is 0 Å². The van der Waals surface area contributed by atoms with E-state index in [0.29, 0.717) is 38.9 Å². The fourth-order valence-electron chi connectivity index (χ4n) is 5.05. The maximum Gasteiger partial charge on any atom is 0.226 e. The maximum absolute atomic E-state index is 13.3. The highest BCUT2D eigenvalue weighted by molar-refractivity contribution is 5.84. The first-order chi connectivity index (χ1) is 16.1. The van der Waals surface area contributed by atoms with Crippen LogP contribution in [0.3, 0.4) is 0 Å². The Morgan fingerprint density at radius 3 is 2.67 bits per heavy atom.